The molecule has 0 unspecified atom stereocenters. The number of nitrogens with one attached hydrogen (secondary N) is 3. The number of hydrogen-bond donors (Lipinski definition) is 3. The molecule has 0 spiro atoms. The minimum absolute atomic E-state index is 0.0632. The molecule has 1 amide bonds. The molecular weight excluding hydrogens is 341 g/mol. The number of rotatable bonds is 4. The summed E-state index contributed by atoms with van der Waals surface area (Å²) < 4.78 is 35.4. The highest BCUT2D eigenvalue weighted by Gasteiger charge is 2.29. The van der Waals surface area contributed by atoms with Crippen LogP contribution in [0.15, 0.2) is 24.3 Å². The number of hydrogen-bond acceptors (Lipinski definition) is 4. The van der Waals surface area contributed by atoms with Crippen molar-refractivity contribution in [3.63, 3.8) is 0 Å². The van der Waals surface area contributed by atoms with Gasteiger partial charge in [-0.25, -0.2) is 12.8 Å². The lowest BCUT2D eigenvalue weighted by Crippen LogP contribution is -2.46. The number of halogens is 1. The van der Waals surface area contributed by atoms with Crippen LogP contribution in [0.3, 0.4) is 0 Å². The first-order valence-corrected chi connectivity index (χ1v) is 9.34. The Hall–Kier alpha value is -1.74. The number of sulfone groups is 1. The van der Waals surface area contributed by atoms with Gasteiger partial charge in [-0.15, -0.1) is 0 Å². The maximum Gasteiger partial charge on any atom is 0.238 e. The Bertz CT molecular complexity index is 677. The molecule has 1 aliphatic heterocycles. The van der Waals surface area contributed by atoms with Crippen molar-refractivity contribution in [1.29, 1.82) is 0 Å². The number of benzene rings is 1. The van der Waals surface area contributed by atoms with E-state index in [-0.39, 0.29) is 40.7 Å². The molecule has 0 radical (unpaired) electrons. The molecule has 1 heterocycles. The van der Waals surface area contributed by atoms with E-state index in [0.717, 1.165) is 5.56 Å². The zero-order valence-corrected chi connectivity index (χ0v) is 14.0. The lowest BCUT2D eigenvalue weighted by molar-refractivity contribution is -0.122. The monoisotopic (exact) mass is 359 g/mol. The van der Waals surface area contributed by atoms with Gasteiger partial charge in [-0.1, -0.05) is 12.1 Å². The second kappa shape index (κ2) is 7.69. The van der Waals surface area contributed by atoms with E-state index in [2.05, 4.69) is 16.2 Å². The number of carbonyl (C=O) groups is 1. The maximum atomic E-state index is 12.8. The summed E-state index contributed by atoms with van der Waals surface area (Å²) >= 11 is 5.01. The van der Waals surface area contributed by atoms with Crippen LogP contribution < -0.4 is 16.2 Å². The first-order valence-electron chi connectivity index (χ1n) is 7.11. The van der Waals surface area contributed by atoms with Gasteiger partial charge in [0.2, 0.25) is 5.91 Å². The van der Waals surface area contributed by atoms with Crippen LogP contribution in [0, 0.1) is 11.7 Å². The lowest BCUT2D eigenvalue weighted by atomic mass is 10.1. The highest BCUT2D eigenvalue weighted by atomic mass is 32.2. The highest BCUT2D eigenvalue weighted by molar-refractivity contribution is 7.91. The highest BCUT2D eigenvalue weighted by Crippen LogP contribution is 2.21. The van der Waals surface area contributed by atoms with Crippen LogP contribution in [-0.2, 0) is 21.2 Å². The number of carbonyl (C=O) groups excluding carboxylic acids is 1. The fraction of sp³-hybridized carbons (Fsp3) is 0.429. The van der Waals surface area contributed by atoms with Crippen molar-refractivity contribution in [3.05, 3.63) is 35.6 Å². The molecule has 1 fully saturated rings. The SMILES string of the molecule is O=C(C[C@H]1CCS(=O)(=O)C1)NNC(=S)NCc1ccc(F)cc1. The summed E-state index contributed by atoms with van der Waals surface area (Å²) in [6.07, 6.45) is 0.663. The molecule has 1 aromatic rings. The second-order valence-corrected chi connectivity index (χ2v) is 8.09. The summed E-state index contributed by atoms with van der Waals surface area (Å²) in [5.41, 5.74) is 5.84. The van der Waals surface area contributed by atoms with Crippen molar-refractivity contribution in [1.82, 2.24) is 16.2 Å². The largest absolute Gasteiger partial charge is 0.357 e. The molecule has 0 aliphatic carbocycles. The molecule has 1 atom stereocenters. The van der Waals surface area contributed by atoms with Crippen molar-refractivity contribution < 1.29 is 17.6 Å². The third-order valence-electron chi connectivity index (χ3n) is 3.48. The van der Waals surface area contributed by atoms with E-state index >= 15 is 0 Å². The molecule has 0 saturated carbocycles. The van der Waals surface area contributed by atoms with Crippen molar-refractivity contribution in [3.8, 4) is 0 Å². The zero-order chi connectivity index (χ0) is 16.9. The van der Waals surface area contributed by atoms with Gasteiger partial charge < -0.3 is 5.32 Å². The predicted molar refractivity (Wildman–Crippen MR) is 88.5 cm³/mol. The third kappa shape index (κ3) is 6.11. The van der Waals surface area contributed by atoms with Crippen molar-refractivity contribution in [2.24, 2.45) is 5.92 Å². The van der Waals surface area contributed by atoms with Gasteiger partial charge in [-0.2, -0.15) is 0 Å². The first kappa shape index (κ1) is 17.6. The fourth-order valence-electron chi connectivity index (χ4n) is 2.30. The fourth-order valence-corrected chi connectivity index (χ4v) is 4.29. The van der Waals surface area contributed by atoms with E-state index in [9.17, 15) is 17.6 Å². The van der Waals surface area contributed by atoms with Gasteiger partial charge in [0.05, 0.1) is 11.5 Å². The van der Waals surface area contributed by atoms with Crippen molar-refractivity contribution in [2.75, 3.05) is 11.5 Å². The molecule has 0 aromatic heterocycles. The summed E-state index contributed by atoms with van der Waals surface area (Å²) in [6.45, 7) is 0.392. The Morgan fingerprint density at radius 2 is 1.96 bits per heavy atom. The van der Waals surface area contributed by atoms with Crippen molar-refractivity contribution >= 4 is 33.1 Å². The standard InChI is InChI=1S/C14H18FN3O3S2/c15-12-3-1-10(2-4-12)8-16-14(22)18-17-13(19)7-11-5-6-23(20,21)9-11/h1-4,11H,5-9H2,(H,17,19)(H2,16,18,22)/t11-/m1/s1. The summed E-state index contributed by atoms with van der Waals surface area (Å²) in [7, 11) is -2.98. The average molecular weight is 359 g/mol. The van der Waals surface area contributed by atoms with Crippen LogP contribution in [0.25, 0.3) is 0 Å². The van der Waals surface area contributed by atoms with Crippen LogP contribution in [0.2, 0.25) is 0 Å². The van der Waals surface area contributed by atoms with Crippen LogP contribution in [0.5, 0.6) is 0 Å². The minimum Gasteiger partial charge on any atom is -0.357 e. The first-order chi connectivity index (χ1) is 10.8. The van der Waals surface area contributed by atoms with E-state index in [1.165, 1.54) is 12.1 Å². The molecule has 9 heteroatoms. The third-order valence-corrected chi connectivity index (χ3v) is 5.57. The summed E-state index contributed by atoms with van der Waals surface area (Å²) in [5.74, 6) is -0.542. The van der Waals surface area contributed by atoms with Gasteiger partial charge >= 0.3 is 0 Å². The van der Waals surface area contributed by atoms with Gasteiger partial charge in [-0.05, 0) is 42.3 Å². The van der Waals surface area contributed by atoms with E-state index in [1.807, 2.05) is 0 Å². The molecule has 126 valence electrons. The smallest absolute Gasteiger partial charge is 0.238 e. The summed E-state index contributed by atoms with van der Waals surface area (Å²) in [5, 5.41) is 3.09. The minimum atomic E-state index is -2.98. The molecule has 2 rings (SSSR count). The predicted octanol–water partition coefficient (Wildman–Crippen LogP) is 0.646. The topological polar surface area (TPSA) is 87.3 Å². The molecule has 1 saturated heterocycles. The molecule has 23 heavy (non-hydrogen) atoms. The zero-order valence-electron chi connectivity index (χ0n) is 12.3. The lowest BCUT2D eigenvalue weighted by Gasteiger charge is -2.13. The number of thiocarbonyl (C=S) groups is 1. The number of hydrazine groups is 1. The molecule has 6 nitrogen and oxygen atoms in total. The van der Waals surface area contributed by atoms with Gasteiger partial charge in [0.25, 0.3) is 0 Å². The Morgan fingerprint density at radius 1 is 1.26 bits per heavy atom. The van der Waals surface area contributed by atoms with Crippen LogP contribution in [0.1, 0.15) is 18.4 Å². The Kier molecular flexibility index (Phi) is 5.89. The molecule has 0 bridgehead atoms. The van der Waals surface area contributed by atoms with Gasteiger partial charge in [0.1, 0.15) is 5.82 Å². The van der Waals surface area contributed by atoms with E-state index in [0.29, 0.717) is 13.0 Å². The Balaban J connectivity index is 1.66. The molecule has 1 aromatic carbocycles. The van der Waals surface area contributed by atoms with Gasteiger partial charge in [-0.3, -0.25) is 15.6 Å². The van der Waals surface area contributed by atoms with Crippen LogP contribution in [0.4, 0.5) is 4.39 Å². The Morgan fingerprint density at radius 3 is 2.57 bits per heavy atom. The van der Waals surface area contributed by atoms with E-state index < -0.39 is 9.84 Å². The Labute approximate surface area is 139 Å². The molecule has 1 aliphatic rings. The van der Waals surface area contributed by atoms with Crippen molar-refractivity contribution in [2.45, 2.75) is 19.4 Å². The quantitative estimate of drug-likeness (QED) is 0.540. The van der Waals surface area contributed by atoms with Gasteiger partial charge in [0, 0.05) is 13.0 Å². The number of amides is 1. The molecule has 3 N–H and O–H groups in total. The maximum absolute atomic E-state index is 12.8. The van der Waals surface area contributed by atoms with Crippen LogP contribution in [-0.4, -0.2) is 30.9 Å². The van der Waals surface area contributed by atoms with Gasteiger partial charge in [0.15, 0.2) is 14.9 Å². The average Bonchev–Trinajstić information content (AvgIpc) is 2.83. The molecular formula is C14H18FN3O3S2. The summed E-state index contributed by atoms with van der Waals surface area (Å²) in [4.78, 5) is 11.7. The normalized spacial score (nSPS) is 19.1. The van der Waals surface area contributed by atoms with Crippen LogP contribution >= 0.6 is 12.2 Å². The van der Waals surface area contributed by atoms with E-state index in [4.69, 9.17) is 12.2 Å². The van der Waals surface area contributed by atoms with E-state index in [1.54, 1.807) is 12.1 Å². The summed E-state index contributed by atoms with van der Waals surface area (Å²) in [6, 6.07) is 5.96. The second-order valence-electron chi connectivity index (χ2n) is 5.46.